The van der Waals surface area contributed by atoms with Crippen molar-refractivity contribution < 1.29 is 4.79 Å². The Labute approximate surface area is 164 Å². The number of nitrogens with zero attached hydrogens (tertiary/aromatic N) is 4. The molecule has 0 spiro atoms. The van der Waals surface area contributed by atoms with Gasteiger partial charge in [0.2, 0.25) is 5.91 Å². The van der Waals surface area contributed by atoms with E-state index in [1.807, 2.05) is 17.5 Å². The molecular formula is C19H17N5OS2. The van der Waals surface area contributed by atoms with Gasteiger partial charge in [-0.05, 0) is 23.9 Å². The molecule has 3 heterocycles. The zero-order valence-corrected chi connectivity index (χ0v) is 16.3. The summed E-state index contributed by atoms with van der Waals surface area (Å²) in [7, 11) is 0. The SMILES string of the molecule is Cc1cccc(Cn2nccc2NC(=O)CSc2ncnc3ccsc23)c1. The van der Waals surface area contributed by atoms with Crippen molar-refractivity contribution in [1.82, 2.24) is 19.7 Å². The summed E-state index contributed by atoms with van der Waals surface area (Å²) >= 11 is 3.00. The van der Waals surface area contributed by atoms with Crippen LogP contribution in [0, 0.1) is 6.92 Å². The number of hydrogen-bond donors (Lipinski definition) is 1. The molecule has 0 aliphatic carbocycles. The number of fused-ring (bicyclic) bond motifs is 1. The first-order valence-electron chi connectivity index (χ1n) is 8.37. The zero-order valence-electron chi connectivity index (χ0n) is 14.6. The van der Waals surface area contributed by atoms with Gasteiger partial charge < -0.3 is 5.32 Å². The highest BCUT2D eigenvalue weighted by Gasteiger charge is 2.11. The monoisotopic (exact) mass is 395 g/mol. The molecule has 0 fully saturated rings. The van der Waals surface area contributed by atoms with Gasteiger partial charge in [-0.15, -0.1) is 11.3 Å². The molecule has 0 aliphatic heterocycles. The van der Waals surface area contributed by atoms with E-state index in [0.717, 1.165) is 20.8 Å². The van der Waals surface area contributed by atoms with Crippen molar-refractivity contribution in [3.63, 3.8) is 0 Å². The largest absolute Gasteiger partial charge is 0.310 e. The van der Waals surface area contributed by atoms with E-state index in [0.29, 0.717) is 12.4 Å². The number of anilines is 1. The number of carbonyl (C=O) groups is 1. The van der Waals surface area contributed by atoms with Gasteiger partial charge in [-0.25, -0.2) is 14.6 Å². The number of aryl methyl sites for hydroxylation is 1. The standard InChI is InChI=1S/C19H17N5OS2/c1-13-3-2-4-14(9-13)10-24-16(5-7-22-24)23-17(25)11-27-19-18-15(6-8-26-18)20-12-21-19/h2-9,12H,10-11H2,1H3,(H,23,25). The molecule has 6 nitrogen and oxygen atoms in total. The number of hydrogen-bond acceptors (Lipinski definition) is 6. The van der Waals surface area contributed by atoms with E-state index >= 15 is 0 Å². The second-order valence-corrected chi connectivity index (χ2v) is 7.89. The van der Waals surface area contributed by atoms with Gasteiger partial charge in [0.05, 0.1) is 28.7 Å². The van der Waals surface area contributed by atoms with Gasteiger partial charge in [-0.1, -0.05) is 41.6 Å². The average Bonchev–Trinajstić information content (AvgIpc) is 3.30. The van der Waals surface area contributed by atoms with E-state index < -0.39 is 0 Å². The quantitative estimate of drug-likeness (QED) is 0.395. The van der Waals surface area contributed by atoms with Crippen LogP contribution in [-0.2, 0) is 11.3 Å². The van der Waals surface area contributed by atoms with Crippen molar-refractivity contribution >= 4 is 45.0 Å². The summed E-state index contributed by atoms with van der Waals surface area (Å²) in [4.78, 5) is 20.9. The number of carbonyl (C=O) groups excluding carboxylic acids is 1. The molecule has 0 saturated heterocycles. The summed E-state index contributed by atoms with van der Waals surface area (Å²) in [5.41, 5.74) is 3.25. The molecule has 4 rings (SSSR count). The van der Waals surface area contributed by atoms with Crippen LogP contribution in [-0.4, -0.2) is 31.4 Å². The number of amides is 1. The van der Waals surface area contributed by atoms with E-state index in [1.165, 1.54) is 23.7 Å². The molecule has 136 valence electrons. The van der Waals surface area contributed by atoms with Gasteiger partial charge in [0, 0.05) is 6.07 Å². The lowest BCUT2D eigenvalue weighted by Gasteiger charge is -2.09. The first-order chi connectivity index (χ1) is 13.2. The molecule has 0 saturated carbocycles. The summed E-state index contributed by atoms with van der Waals surface area (Å²) in [6.07, 6.45) is 3.23. The Hall–Kier alpha value is -2.71. The smallest absolute Gasteiger partial charge is 0.235 e. The van der Waals surface area contributed by atoms with Crippen LogP contribution in [0.2, 0.25) is 0 Å². The lowest BCUT2D eigenvalue weighted by atomic mass is 10.1. The number of benzene rings is 1. The fourth-order valence-electron chi connectivity index (χ4n) is 2.73. The number of rotatable bonds is 6. The number of thioether (sulfide) groups is 1. The molecule has 27 heavy (non-hydrogen) atoms. The average molecular weight is 396 g/mol. The van der Waals surface area contributed by atoms with Crippen LogP contribution < -0.4 is 5.32 Å². The van der Waals surface area contributed by atoms with Crippen LogP contribution in [0.5, 0.6) is 0 Å². The van der Waals surface area contributed by atoms with Gasteiger partial charge in [0.15, 0.2) is 0 Å². The van der Waals surface area contributed by atoms with Crippen LogP contribution in [0.1, 0.15) is 11.1 Å². The van der Waals surface area contributed by atoms with E-state index in [9.17, 15) is 4.79 Å². The van der Waals surface area contributed by atoms with Crippen molar-refractivity contribution in [3.8, 4) is 0 Å². The van der Waals surface area contributed by atoms with Gasteiger partial charge in [-0.3, -0.25) is 4.79 Å². The number of aromatic nitrogens is 4. The van der Waals surface area contributed by atoms with Crippen LogP contribution in [0.25, 0.3) is 10.2 Å². The summed E-state index contributed by atoms with van der Waals surface area (Å²) in [6.45, 7) is 2.67. The van der Waals surface area contributed by atoms with Crippen LogP contribution in [0.4, 0.5) is 5.82 Å². The molecule has 3 aromatic heterocycles. The fourth-order valence-corrected chi connectivity index (χ4v) is 4.48. The lowest BCUT2D eigenvalue weighted by Crippen LogP contribution is -2.18. The maximum atomic E-state index is 12.4. The first-order valence-corrected chi connectivity index (χ1v) is 10.2. The Bertz CT molecular complexity index is 1090. The highest BCUT2D eigenvalue weighted by molar-refractivity contribution is 8.00. The maximum Gasteiger partial charge on any atom is 0.235 e. The van der Waals surface area contributed by atoms with E-state index in [-0.39, 0.29) is 11.7 Å². The molecule has 0 aliphatic rings. The molecule has 0 unspecified atom stereocenters. The third-order valence-corrected chi connectivity index (χ3v) is 5.98. The summed E-state index contributed by atoms with van der Waals surface area (Å²) in [5.74, 6) is 0.875. The number of thiophene rings is 1. The minimum atomic E-state index is -0.0886. The molecule has 1 aromatic carbocycles. The Morgan fingerprint density at radius 2 is 2.19 bits per heavy atom. The van der Waals surface area contributed by atoms with Crippen molar-refractivity contribution in [1.29, 1.82) is 0 Å². The van der Waals surface area contributed by atoms with Crippen LogP contribution in [0.3, 0.4) is 0 Å². The highest BCUT2D eigenvalue weighted by atomic mass is 32.2. The Morgan fingerprint density at radius 3 is 3.07 bits per heavy atom. The third-order valence-electron chi connectivity index (χ3n) is 3.95. The molecule has 0 radical (unpaired) electrons. The topological polar surface area (TPSA) is 72.7 Å². The molecule has 0 atom stereocenters. The Balaban J connectivity index is 1.40. The minimum Gasteiger partial charge on any atom is -0.310 e. The van der Waals surface area contributed by atoms with Crippen molar-refractivity contribution in [3.05, 3.63) is 65.4 Å². The zero-order chi connectivity index (χ0) is 18.6. The molecule has 1 amide bonds. The van der Waals surface area contributed by atoms with Crippen molar-refractivity contribution in [2.45, 2.75) is 18.5 Å². The summed E-state index contributed by atoms with van der Waals surface area (Å²) in [5, 5.41) is 10.1. The molecule has 8 heteroatoms. The predicted octanol–water partition coefficient (Wildman–Crippen LogP) is 3.98. The van der Waals surface area contributed by atoms with Gasteiger partial charge in [0.25, 0.3) is 0 Å². The molecule has 0 bridgehead atoms. The summed E-state index contributed by atoms with van der Waals surface area (Å²) in [6, 6.07) is 12.0. The van der Waals surface area contributed by atoms with Crippen molar-refractivity contribution in [2.75, 3.05) is 11.1 Å². The fraction of sp³-hybridized carbons (Fsp3) is 0.158. The van der Waals surface area contributed by atoms with Gasteiger partial charge in [0.1, 0.15) is 17.2 Å². The second kappa shape index (κ2) is 7.89. The minimum absolute atomic E-state index is 0.0886. The van der Waals surface area contributed by atoms with Crippen LogP contribution >= 0.6 is 23.1 Å². The molecule has 4 aromatic rings. The number of nitrogens with one attached hydrogen (secondary N) is 1. The highest BCUT2D eigenvalue weighted by Crippen LogP contribution is 2.28. The third kappa shape index (κ3) is 4.17. The van der Waals surface area contributed by atoms with E-state index in [4.69, 9.17) is 0 Å². The van der Waals surface area contributed by atoms with E-state index in [2.05, 4.69) is 45.5 Å². The summed E-state index contributed by atoms with van der Waals surface area (Å²) < 4.78 is 2.80. The maximum absolute atomic E-state index is 12.4. The lowest BCUT2D eigenvalue weighted by molar-refractivity contribution is -0.113. The predicted molar refractivity (Wildman–Crippen MR) is 109 cm³/mol. The van der Waals surface area contributed by atoms with Crippen molar-refractivity contribution in [2.24, 2.45) is 0 Å². The van der Waals surface area contributed by atoms with E-state index in [1.54, 1.807) is 28.3 Å². The Morgan fingerprint density at radius 1 is 1.26 bits per heavy atom. The second-order valence-electron chi connectivity index (χ2n) is 6.01. The Kier molecular flexibility index (Phi) is 5.17. The van der Waals surface area contributed by atoms with Gasteiger partial charge in [-0.2, -0.15) is 5.10 Å². The van der Waals surface area contributed by atoms with Gasteiger partial charge >= 0.3 is 0 Å². The molecule has 1 N–H and O–H groups in total. The first kappa shape index (κ1) is 17.7. The van der Waals surface area contributed by atoms with Crippen LogP contribution in [0.15, 0.2) is 59.3 Å². The molecular weight excluding hydrogens is 378 g/mol. The normalized spacial score (nSPS) is 11.0.